The average Bonchev–Trinajstić information content (AvgIpc) is 1.52. The molecule has 2 radical (unpaired) electrons. The number of hydrogen-bond donors (Lipinski definition) is 0. The zero-order valence-electron chi connectivity index (χ0n) is 63.1. The quantitative estimate of drug-likeness (QED) is 0.0490. The van der Waals surface area contributed by atoms with E-state index in [1.54, 1.807) is 11.1 Å². The predicted molar refractivity (Wildman–Crippen MR) is 356 cm³/mol. The van der Waals surface area contributed by atoms with Gasteiger partial charge in [0, 0.05) is 45.7 Å². The summed E-state index contributed by atoms with van der Waals surface area (Å²) >= 11 is 4.02. The minimum Gasteiger partial charge on any atom is -0.869 e. The second-order valence-corrected chi connectivity index (χ2v) is 27.4. The van der Waals surface area contributed by atoms with Crippen LogP contribution in [0.5, 0.6) is 0 Å². The van der Waals surface area contributed by atoms with Crippen molar-refractivity contribution in [1.29, 1.82) is 0 Å². The zero-order valence-corrected chi connectivity index (χ0v) is 68.8. The van der Waals surface area contributed by atoms with Crippen LogP contribution in [0.15, 0.2) is 191 Å². The summed E-state index contributed by atoms with van der Waals surface area (Å²) in [5.41, 5.74) is 12.1. The van der Waals surface area contributed by atoms with Crippen LogP contribution in [0.25, 0.3) is 32.6 Å². The number of rotatable bonds is 14. The zero-order chi connectivity index (χ0) is 98.3. The molecule has 2 atom stereocenters. The van der Waals surface area contributed by atoms with Crippen LogP contribution in [0.1, 0.15) is 90.2 Å². The number of fused-ring (bicyclic) bond motifs is 4. The van der Waals surface area contributed by atoms with E-state index in [0.29, 0.717) is 0 Å². The molecule has 0 bridgehead atoms. The Morgan fingerprint density at radius 3 is 0.695 bits per heavy atom. The first-order valence-corrected chi connectivity index (χ1v) is 34.8. The second-order valence-electron chi connectivity index (χ2n) is 24.5. The summed E-state index contributed by atoms with van der Waals surface area (Å²) in [6.07, 6.45) is -48.5. The molecule has 56 heteroatoms. The van der Waals surface area contributed by atoms with Gasteiger partial charge in [-0.05, 0) is 175 Å². The molecule has 0 spiro atoms. The molecule has 6 heterocycles. The van der Waals surface area contributed by atoms with Crippen molar-refractivity contribution in [3.05, 3.63) is 202 Å². The van der Waals surface area contributed by atoms with Gasteiger partial charge in [-0.25, -0.2) is 0 Å². The molecule has 1 saturated carbocycles. The third kappa shape index (κ3) is 39.7. The topological polar surface area (TPSA) is 292 Å². The van der Waals surface area contributed by atoms with Crippen LogP contribution >= 0.6 is 23.5 Å². The minimum absolute atomic E-state index is 0. The second kappa shape index (κ2) is 48.6. The maximum atomic E-state index is 11.3. The first kappa shape index (κ1) is 122. The van der Waals surface area contributed by atoms with Gasteiger partial charge in [-0.3, -0.25) is 48.7 Å². The van der Waals surface area contributed by atoms with E-state index in [4.69, 9.17) is 9.97 Å². The van der Waals surface area contributed by atoms with Crippen molar-refractivity contribution in [1.82, 2.24) is 19.9 Å². The Balaban J connectivity index is 0. The predicted octanol–water partition coefficient (Wildman–Crippen LogP) is 17.3. The van der Waals surface area contributed by atoms with Crippen molar-refractivity contribution in [3.63, 3.8) is 0 Å². The molecular formula is C72H50Dy2F36N4O12S2. The Morgan fingerprint density at radius 2 is 0.531 bits per heavy atom. The SMILES string of the molecule is CCCCCCC.C[C@]12SC(c3ccc(-c4ccccn4)nc3)=CC1=C1CCCC1=C1C=C(c3ccc(-c4ccccn4)nc3)S[C@@]12C.O=C(/C=C(\[O-])C(F)(F)F)C(F)(F)F.O=C(/C=C(\[O-])C(F)(F)F)C(F)(F)F.O=C(/C=C(\[O-])C(F)(F)F)C(F)(F)F.O=C(/C=C(\[O-])C(F)(F)F)C(F)(F)F.O=C(/C=C(\[O-])C(F)(F)F)C(F)(F)F.O=C(/C=C(\[O-])C(F)(F)F)C(F)(F)F.[Dy+3].[Dy+3]. The normalized spacial score (nSPS) is 17.2. The van der Waals surface area contributed by atoms with Crippen molar-refractivity contribution in [2.75, 3.05) is 0 Å². The number of carbonyl (C=O) groups excluding carboxylic acids is 6. The minimum atomic E-state index is -5.46. The van der Waals surface area contributed by atoms with Crippen molar-refractivity contribution in [2.45, 2.75) is 163 Å². The van der Waals surface area contributed by atoms with Crippen LogP contribution in [0, 0.1) is 76.3 Å². The van der Waals surface area contributed by atoms with Crippen molar-refractivity contribution >= 4 is 68.0 Å². The summed E-state index contributed by atoms with van der Waals surface area (Å²) in [6, 6.07) is 20.5. The van der Waals surface area contributed by atoms with Crippen LogP contribution in [-0.4, -0.2) is 138 Å². The number of hydrogen-bond acceptors (Lipinski definition) is 18. The van der Waals surface area contributed by atoms with Gasteiger partial charge < -0.3 is 30.6 Å². The standard InChI is InChI=1S/C35H28N4S2.C7H16.6C5H2F6O2.2Dy/c1-34-26(18-32(40-34)22-12-14-30(38-20-22)28-10-3-5-16-36-28)24-8-7-9-25(24)27-19-33(41-35(27,34)2)23-13-15-31(39-21-23)29-11-4-6-17-37-29;1-3-5-7-6-4-2;6*6-4(7,8)2(12)1-3(13)5(9,10)11;;/h3-6,10-21H,7-9H2,1-2H3;3-7H2,1-2H3;6*1,12H;;/q;;;;;;;;2*+3/p-6/b;;6*2-1-;;/t34-,35-;;;;;;;;;/m0........./s1. The van der Waals surface area contributed by atoms with Gasteiger partial charge >= 0.3 is 150 Å². The van der Waals surface area contributed by atoms with Crippen LogP contribution in [-0.2, 0) is 28.8 Å². The fourth-order valence-electron chi connectivity index (χ4n) is 9.01. The molecule has 0 amide bonds. The van der Waals surface area contributed by atoms with E-state index < -0.39 is 180 Å². The monoisotopic (exact) mass is 2240 g/mol. The Labute approximate surface area is 764 Å². The van der Waals surface area contributed by atoms with Gasteiger partial charge in [0.1, 0.15) is 0 Å². The van der Waals surface area contributed by atoms with E-state index in [1.807, 2.05) is 84.7 Å². The number of carbonyl (C=O) groups is 6. The first-order valence-electron chi connectivity index (χ1n) is 33.2. The van der Waals surface area contributed by atoms with Crippen LogP contribution in [0.4, 0.5) is 158 Å². The molecule has 1 fully saturated rings. The summed E-state index contributed by atoms with van der Waals surface area (Å²) in [5, 5.41) is 58.9. The molecule has 4 aromatic heterocycles. The number of ketones is 6. The average molecular weight is 2240 g/mol. The number of pyridine rings is 4. The fourth-order valence-corrected chi connectivity index (χ4v) is 12.2. The number of alkyl halides is 36. The fraction of sp³-hybridized carbons (Fsp3) is 0.361. The van der Waals surface area contributed by atoms with Crippen LogP contribution < -0.4 is 30.6 Å². The largest absolute Gasteiger partial charge is 3.00 e. The van der Waals surface area contributed by atoms with Gasteiger partial charge in [-0.2, -0.15) is 158 Å². The summed E-state index contributed by atoms with van der Waals surface area (Å²) in [7, 11) is 0. The van der Waals surface area contributed by atoms with E-state index in [0.717, 1.165) is 35.6 Å². The van der Waals surface area contributed by atoms with Crippen molar-refractivity contribution in [2.24, 2.45) is 0 Å². The summed E-state index contributed by atoms with van der Waals surface area (Å²) in [6.45, 7) is 9.41. The summed E-state index contributed by atoms with van der Waals surface area (Å²) in [4.78, 5) is 80.1. The number of aromatic nitrogens is 4. The summed E-state index contributed by atoms with van der Waals surface area (Å²) < 4.78 is 407. The van der Waals surface area contributed by atoms with E-state index in [1.165, 1.54) is 70.6 Å². The molecule has 2 aliphatic heterocycles. The molecule has 16 nitrogen and oxygen atoms in total. The molecule has 128 heavy (non-hydrogen) atoms. The summed E-state index contributed by atoms with van der Waals surface area (Å²) in [5.74, 6) is -33.9. The van der Waals surface area contributed by atoms with Gasteiger partial charge in [0.2, 0.25) is 0 Å². The van der Waals surface area contributed by atoms with E-state index in [-0.39, 0.29) is 85.8 Å². The van der Waals surface area contributed by atoms with Gasteiger partial charge in [0.25, 0.3) is 34.7 Å². The number of nitrogens with zero attached hydrogens (tertiary/aromatic N) is 4. The number of thioether (sulfide) groups is 2. The van der Waals surface area contributed by atoms with E-state index in [2.05, 4.69) is 74.1 Å². The van der Waals surface area contributed by atoms with Gasteiger partial charge in [0.15, 0.2) is 0 Å². The molecule has 4 aliphatic rings. The third-order valence-corrected chi connectivity index (χ3v) is 18.4. The van der Waals surface area contributed by atoms with E-state index in [9.17, 15) is 217 Å². The number of allylic oxidation sites excluding steroid dienone is 16. The Hall–Kier alpha value is -8.45. The maximum absolute atomic E-state index is 11.3. The van der Waals surface area contributed by atoms with Crippen molar-refractivity contribution < 1.29 is 294 Å². The Bertz CT molecular complexity index is 4220. The van der Waals surface area contributed by atoms with E-state index >= 15 is 0 Å². The number of unbranched alkanes of at least 4 members (excludes halogenated alkanes) is 4. The van der Waals surface area contributed by atoms with Crippen LogP contribution in [0.2, 0.25) is 0 Å². The molecule has 8 rings (SSSR count). The van der Waals surface area contributed by atoms with Crippen LogP contribution in [0.3, 0.4) is 0 Å². The van der Waals surface area contributed by atoms with Gasteiger partial charge in [0.05, 0.1) is 32.3 Å². The number of halogens is 36. The smallest absolute Gasteiger partial charge is 0.869 e. The maximum Gasteiger partial charge on any atom is 3.00 e. The molecule has 0 aromatic carbocycles. The third-order valence-electron chi connectivity index (χ3n) is 15.1. The Morgan fingerprint density at radius 1 is 0.320 bits per heavy atom. The van der Waals surface area contributed by atoms with Gasteiger partial charge in [-0.1, -0.05) is 70.2 Å². The molecule has 0 unspecified atom stereocenters. The first-order chi connectivity index (χ1) is 56.7. The molecular weight excluding hydrogens is 2190 g/mol. The molecule has 714 valence electrons. The van der Waals surface area contributed by atoms with Crippen molar-refractivity contribution in [3.8, 4) is 22.8 Å². The Kier molecular flexibility index (Phi) is 46.2. The van der Waals surface area contributed by atoms with Gasteiger partial charge in [-0.15, -0.1) is 23.5 Å². The molecule has 4 aromatic rings. The molecule has 0 saturated heterocycles. The molecule has 2 aliphatic carbocycles. The molecule has 0 N–H and O–H groups in total.